The summed E-state index contributed by atoms with van der Waals surface area (Å²) < 4.78 is 1.84. The van der Waals surface area contributed by atoms with E-state index in [4.69, 9.17) is 17.3 Å². The van der Waals surface area contributed by atoms with Crippen LogP contribution in [0.4, 0.5) is 5.82 Å². The van der Waals surface area contributed by atoms with Gasteiger partial charge in [0.15, 0.2) is 5.82 Å². The molecule has 2 unspecified atom stereocenters. The lowest BCUT2D eigenvalue weighted by molar-refractivity contribution is 0.542. The lowest BCUT2D eigenvalue weighted by atomic mass is 10.3. The zero-order chi connectivity index (χ0) is 8.72. The van der Waals surface area contributed by atoms with Crippen LogP contribution in [0.25, 0.3) is 0 Å². The summed E-state index contributed by atoms with van der Waals surface area (Å²) in [5, 5.41) is 4.65. The molecule has 0 bridgehead atoms. The summed E-state index contributed by atoms with van der Waals surface area (Å²) in [5.74, 6) is 2.06. The molecule has 1 saturated carbocycles. The van der Waals surface area contributed by atoms with Gasteiger partial charge in [-0.3, -0.25) is 4.68 Å². The van der Waals surface area contributed by atoms with Crippen LogP contribution in [-0.4, -0.2) is 9.78 Å². The maximum Gasteiger partial charge on any atom is 0.164 e. The number of hydrogen-bond donors (Lipinski definition) is 1. The van der Waals surface area contributed by atoms with Gasteiger partial charge in [-0.05, 0) is 18.3 Å². The van der Waals surface area contributed by atoms with E-state index in [-0.39, 0.29) is 0 Å². The number of anilines is 1. The Kier molecular flexibility index (Phi) is 1.76. The lowest BCUT2D eigenvalue weighted by Crippen LogP contribution is -2.01. The molecule has 12 heavy (non-hydrogen) atoms. The maximum atomic E-state index is 5.76. The summed E-state index contributed by atoms with van der Waals surface area (Å²) in [6.07, 6.45) is 3.10. The lowest BCUT2D eigenvalue weighted by Gasteiger charge is -1.96. The third kappa shape index (κ3) is 1.41. The minimum absolute atomic E-state index is 0.435. The van der Waals surface area contributed by atoms with Crippen LogP contribution in [0, 0.1) is 11.8 Å². The van der Waals surface area contributed by atoms with Crippen molar-refractivity contribution in [3.8, 4) is 0 Å². The number of aromatic nitrogens is 2. The van der Waals surface area contributed by atoms with Gasteiger partial charge >= 0.3 is 0 Å². The number of nitrogen functional groups attached to an aromatic ring is 1. The van der Waals surface area contributed by atoms with Crippen molar-refractivity contribution in [2.45, 2.75) is 19.9 Å². The predicted octanol–water partition coefficient (Wildman–Crippen LogP) is 1.77. The molecule has 0 amide bonds. The second-order valence-electron chi connectivity index (χ2n) is 3.56. The van der Waals surface area contributed by atoms with Gasteiger partial charge in [0.2, 0.25) is 0 Å². The normalized spacial score (nSPS) is 27.5. The SMILES string of the molecule is CC1CC1Cn1cc(Cl)c(N)n1. The molecule has 66 valence electrons. The van der Waals surface area contributed by atoms with E-state index in [0.29, 0.717) is 10.8 Å². The van der Waals surface area contributed by atoms with Crippen molar-refractivity contribution in [2.24, 2.45) is 11.8 Å². The summed E-state index contributed by atoms with van der Waals surface area (Å²) in [6.45, 7) is 3.21. The first-order valence-electron chi connectivity index (χ1n) is 4.15. The average Bonchev–Trinajstić information content (AvgIpc) is 2.56. The molecule has 2 atom stereocenters. The molecule has 1 aromatic rings. The Balaban J connectivity index is 2.04. The minimum Gasteiger partial charge on any atom is -0.381 e. The highest BCUT2D eigenvalue weighted by atomic mass is 35.5. The average molecular weight is 186 g/mol. The quantitative estimate of drug-likeness (QED) is 0.764. The number of halogens is 1. The molecule has 0 spiro atoms. The second-order valence-corrected chi connectivity index (χ2v) is 3.96. The molecule has 0 aliphatic heterocycles. The first kappa shape index (κ1) is 7.92. The molecule has 1 fully saturated rings. The fourth-order valence-electron chi connectivity index (χ4n) is 1.40. The Bertz CT molecular complexity index is 275. The second kappa shape index (κ2) is 2.66. The highest BCUT2D eigenvalue weighted by Gasteiger charge is 2.32. The van der Waals surface area contributed by atoms with Crippen molar-refractivity contribution < 1.29 is 0 Å². The molecular weight excluding hydrogens is 174 g/mol. The van der Waals surface area contributed by atoms with Crippen molar-refractivity contribution in [2.75, 3.05) is 5.73 Å². The van der Waals surface area contributed by atoms with Crippen LogP contribution in [0.5, 0.6) is 0 Å². The molecule has 1 aliphatic rings. The highest BCUT2D eigenvalue weighted by Crippen LogP contribution is 2.39. The molecule has 4 heteroatoms. The Morgan fingerprint density at radius 2 is 2.50 bits per heavy atom. The highest BCUT2D eigenvalue weighted by molar-refractivity contribution is 6.32. The Hall–Kier alpha value is -0.700. The van der Waals surface area contributed by atoms with Crippen LogP contribution >= 0.6 is 11.6 Å². The van der Waals surface area contributed by atoms with Crippen molar-refractivity contribution in [1.29, 1.82) is 0 Å². The van der Waals surface area contributed by atoms with E-state index in [9.17, 15) is 0 Å². The standard InChI is InChI=1S/C8H12ClN3/c1-5-2-6(5)3-12-4-7(9)8(10)11-12/h4-6H,2-3H2,1H3,(H2,10,11). The van der Waals surface area contributed by atoms with Crippen molar-refractivity contribution >= 4 is 17.4 Å². The van der Waals surface area contributed by atoms with Gasteiger partial charge < -0.3 is 5.73 Å². The summed E-state index contributed by atoms with van der Waals surface area (Å²) in [7, 11) is 0. The third-order valence-corrected chi connectivity index (χ3v) is 2.73. The Morgan fingerprint density at radius 3 is 2.92 bits per heavy atom. The number of nitrogens with two attached hydrogens (primary N) is 1. The number of rotatable bonds is 2. The van der Waals surface area contributed by atoms with E-state index in [0.717, 1.165) is 18.4 Å². The topological polar surface area (TPSA) is 43.8 Å². The zero-order valence-electron chi connectivity index (χ0n) is 7.00. The van der Waals surface area contributed by atoms with E-state index in [1.54, 1.807) is 6.20 Å². The van der Waals surface area contributed by atoms with E-state index in [2.05, 4.69) is 12.0 Å². The van der Waals surface area contributed by atoms with Gasteiger partial charge in [0.25, 0.3) is 0 Å². The van der Waals surface area contributed by atoms with Gasteiger partial charge in [-0.2, -0.15) is 5.10 Å². The molecule has 0 radical (unpaired) electrons. The summed E-state index contributed by atoms with van der Waals surface area (Å²) >= 11 is 5.76. The summed E-state index contributed by atoms with van der Waals surface area (Å²) in [5.41, 5.74) is 5.51. The van der Waals surface area contributed by atoms with Gasteiger partial charge in [0.1, 0.15) is 5.02 Å². The van der Waals surface area contributed by atoms with Gasteiger partial charge in [-0.1, -0.05) is 18.5 Å². The van der Waals surface area contributed by atoms with Gasteiger partial charge in [0, 0.05) is 12.7 Å². The predicted molar refractivity (Wildman–Crippen MR) is 48.9 cm³/mol. The van der Waals surface area contributed by atoms with Crippen LogP contribution in [0.15, 0.2) is 6.20 Å². The first-order valence-corrected chi connectivity index (χ1v) is 4.53. The molecule has 1 aromatic heterocycles. The van der Waals surface area contributed by atoms with E-state index in [1.165, 1.54) is 6.42 Å². The van der Waals surface area contributed by atoms with Crippen molar-refractivity contribution in [3.63, 3.8) is 0 Å². The minimum atomic E-state index is 0.435. The molecule has 2 N–H and O–H groups in total. The monoisotopic (exact) mass is 185 g/mol. The van der Waals surface area contributed by atoms with Crippen molar-refractivity contribution in [3.05, 3.63) is 11.2 Å². The van der Waals surface area contributed by atoms with Gasteiger partial charge in [0.05, 0.1) is 0 Å². The van der Waals surface area contributed by atoms with Crippen LogP contribution in [0.2, 0.25) is 5.02 Å². The summed E-state index contributed by atoms with van der Waals surface area (Å²) in [4.78, 5) is 0. The maximum absolute atomic E-state index is 5.76. The summed E-state index contributed by atoms with van der Waals surface area (Å²) in [6, 6.07) is 0. The molecular formula is C8H12ClN3. The first-order chi connectivity index (χ1) is 5.66. The Morgan fingerprint density at radius 1 is 1.83 bits per heavy atom. The van der Waals surface area contributed by atoms with Crippen molar-refractivity contribution in [1.82, 2.24) is 9.78 Å². The van der Waals surface area contributed by atoms with E-state index in [1.807, 2.05) is 4.68 Å². The van der Waals surface area contributed by atoms with Gasteiger partial charge in [-0.15, -0.1) is 0 Å². The van der Waals surface area contributed by atoms with Crippen LogP contribution in [0.3, 0.4) is 0 Å². The fraction of sp³-hybridized carbons (Fsp3) is 0.625. The smallest absolute Gasteiger partial charge is 0.164 e. The van der Waals surface area contributed by atoms with E-state index >= 15 is 0 Å². The third-order valence-electron chi connectivity index (χ3n) is 2.44. The van der Waals surface area contributed by atoms with Crippen LogP contribution in [-0.2, 0) is 6.54 Å². The van der Waals surface area contributed by atoms with E-state index < -0.39 is 0 Å². The molecule has 0 aromatic carbocycles. The molecule has 1 heterocycles. The largest absolute Gasteiger partial charge is 0.381 e. The van der Waals surface area contributed by atoms with Gasteiger partial charge in [-0.25, -0.2) is 0 Å². The zero-order valence-corrected chi connectivity index (χ0v) is 7.75. The molecule has 2 rings (SSSR count). The Labute approximate surface area is 76.5 Å². The molecule has 1 aliphatic carbocycles. The number of nitrogens with zero attached hydrogens (tertiary/aromatic N) is 2. The molecule has 0 saturated heterocycles. The fourth-order valence-corrected chi connectivity index (χ4v) is 1.55. The molecule has 3 nitrogen and oxygen atoms in total. The van der Waals surface area contributed by atoms with Crippen LogP contribution in [0.1, 0.15) is 13.3 Å². The van der Waals surface area contributed by atoms with Crippen LogP contribution < -0.4 is 5.73 Å². The number of hydrogen-bond acceptors (Lipinski definition) is 2.